The van der Waals surface area contributed by atoms with Gasteiger partial charge in [0.2, 0.25) is 0 Å². The molecule has 0 aliphatic carbocycles. The Balaban J connectivity index is 2.13. The lowest BCUT2D eigenvalue weighted by Crippen LogP contribution is -2.50. The Morgan fingerprint density at radius 2 is 2.25 bits per heavy atom. The van der Waals surface area contributed by atoms with Gasteiger partial charge < -0.3 is 10.1 Å². The zero-order valence-corrected chi connectivity index (χ0v) is 10.8. The Morgan fingerprint density at radius 1 is 1.50 bits per heavy atom. The van der Waals surface area contributed by atoms with Gasteiger partial charge in [-0.05, 0) is 25.9 Å². The number of hydrogen-bond acceptors (Lipinski definition) is 7. The minimum absolute atomic E-state index is 0.202. The smallest absolute Gasteiger partial charge is 0.365 e. The molecule has 2 aliphatic heterocycles. The van der Waals surface area contributed by atoms with Gasteiger partial charge in [0.05, 0.1) is 13.2 Å². The molecule has 0 amide bonds. The van der Waals surface area contributed by atoms with E-state index in [4.69, 9.17) is 9.99 Å². The van der Waals surface area contributed by atoms with Crippen molar-refractivity contribution < 1.29 is 19.7 Å². The van der Waals surface area contributed by atoms with Gasteiger partial charge in [-0.3, -0.25) is 14.2 Å². The van der Waals surface area contributed by atoms with Crippen molar-refractivity contribution in [1.29, 1.82) is 0 Å². The fourth-order valence-electron chi connectivity index (χ4n) is 2.82. The Kier molecular flexibility index (Phi) is 3.28. The van der Waals surface area contributed by atoms with Gasteiger partial charge in [-0.2, -0.15) is 5.26 Å². The maximum Gasteiger partial charge on any atom is 0.391 e. The molecule has 108 valence electrons. The van der Waals surface area contributed by atoms with Crippen LogP contribution >= 0.6 is 0 Å². The molecule has 0 unspecified atom stereocenters. The van der Waals surface area contributed by atoms with Crippen molar-refractivity contribution >= 4 is 5.97 Å². The molecule has 8 heteroatoms. The average Bonchev–Trinajstić information content (AvgIpc) is 2.48. The highest BCUT2D eigenvalue weighted by Crippen LogP contribution is 2.35. The molecule has 0 atom stereocenters. The third-order valence-electron chi connectivity index (χ3n) is 3.81. The second-order valence-corrected chi connectivity index (χ2v) is 4.93. The molecule has 1 spiro atoms. The van der Waals surface area contributed by atoms with Gasteiger partial charge in [0.1, 0.15) is 11.4 Å². The van der Waals surface area contributed by atoms with E-state index in [9.17, 15) is 9.59 Å². The second-order valence-electron chi connectivity index (χ2n) is 4.93. The molecule has 1 fully saturated rings. The minimum atomic E-state index is -1.04. The predicted octanol–water partition coefficient (Wildman–Crippen LogP) is -0.518. The lowest BCUT2D eigenvalue weighted by Gasteiger charge is -2.41. The highest BCUT2D eigenvalue weighted by molar-refractivity contribution is 5.86. The van der Waals surface area contributed by atoms with Crippen molar-refractivity contribution in [2.75, 3.05) is 19.7 Å². The molecule has 0 bridgehead atoms. The van der Waals surface area contributed by atoms with E-state index < -0.39 is 11.6 Å². The molecule has 8 nitrogen and oxygen atoms in total. The van der Waals surface area contributed by atoms with Crippen LogP contribution in [0.5, 0.6) is 0 Å². The monoisotopic (exact) mass is 281 g/mol. The van der Waals surface area contributed by atoms with Gasteiger partial charge in [0, 0.05) is 6.07 Å². The van der Waals surface area contributed by atoms with Crippen LogP contribution < -0.4 is 10.9 Å². The molecule has 3 rings (SSSR count). The standard InChI is InChI=1S/C12H15N3O5/c16-9-7-8(10(17)20-18)14-11-12(1-3-13-4-2-12)19-6-5-15(9)11/h7,13,18H,1-6H2. The number of carbonyl (C=O) groups is 1. The SMILES string of the molecule is O=C(OO)c1cc(=O)n2c(n1)C1(CCNCC1)OCC2. The molecule has 1 aromatic rings. The molecule has 0 aromatic carbocycles. The summed E-state index contributed by atoms with van der Waals surface area (Å²) in [5.74, 6) is -0.599. The summed E-state index contributed by atoms with van der Waals surface area (Å²) in [6.45, 7) is 2.36. The Labute approximate surface area is 114 Å². The first-order valence-electron chi connectivity index (χ1n) is 6.49. The Hall–Kier alpha value is -1.77. The van der Waals surface area contributed by atoms with Gasteiger partial charge in [-0.25, -0.2) is 9.78 Å². The molecular formula is C12H15N3O5. The normalized spacial score (nSPS) is 20.4. The highest BCUT2D eigenvalue weighted by atomic mass is 17.1. The maximum absolute atomic E-state index is 12.1. The molecule has 2 aliphatic rings. The third-order valence-corrected chi connectivity index (χ3v) is 3.81. The topological polar surface area (TPSA) is 103 Å². The van der Waals surface area contributed by atoms with E-state index in [-0.39, 0.29) is 11.3 Å². The number of nitrogens with zero attached hydrogens (tertiary/aromatic N) is 2. The first kappa shape index (κ1) is 13.2. The van der Waals surface area contributed by atoms with Crippen LogP contribution in [0.4, 0.5) is 0 Å². The molecule has 0 radical (unpaired) electrons. The number of fused-ring (bicyclic) bond motifs is 2. The minimum Gasteiger partial charge on any atom is -0.365 e. The van der Waals surface area contributed by atoms with Crippen LogP contribution in [-0.4, -0.2) is 40.5 Å². The summed E-state index contributed by atoms with van der Waals surface area (Å²) in [6, 6.07) is 1.07. The van der Waals surface area contributed by atoms with Gasteiger partial charge in [0.15, 0.2) is 5.69 Å². The van der Waals surface area contributed by atoms with Gasteiger partial charge >= 0.3 is 5.97 Å². The first-order chi connectivity index (χ1) is 9.66. The van der Waals surface area contributed by atoms with E-state index in [1.807, 2.05) is 0 Å². The molecule has 1 aromatic heterocycles. The summed E-state index contributed by atoms with van der Waals surface area (Å²) >= 11 is 0. The maximum atomic E-state index is 12.1. The fourth-order valence-corrected chi connectivity index (χ4v) is 2.82. The van der Waals surface area contributed by atoms with Gasteiger partial charge in [-0.1, -0.05) is 0 Å². The van der Waals surface area contributed by atoms with Crippen molar-refractivity contribution in [1.82, 2.24) is 14.9 Å². The van der Waals surface area contributed by atoms with Crippen LogP contribution in [0.2, 0.25) is 0 Å². The molecule has 1 saturated heterocycles. The van der Waals surface area contributed by atoms with Crippen molar-refractivity contribution in [3.8, 4) is 0 Å². The summed E-state index contributed by atoms with van der Waals surface area (Å²) in [7, 11) is 0. The number of nitrogens with one attached hydrogen (secondary N) is 1. The second kappa shape index (κ2) is 4.97. The van der Waals surface area contributed by atoms with Crippen molar-refractivity contribution in [3.05, 3.63) is 27.9 Å². The fraction of sp³-hybridized carbons (Fsp3) is 0.583. The van der Waals surface area contributed by atoms with Crippen molar-refractivity contribution in [2.24, 2.45) is 0 Å². The van der Waals surface area contributed by atoms with E-state index in [2.05, 4.69) is 15.2 Å². The number of piperidine rings is 1. The molecule has 2 N–H and O–H groups in total. The number of aromatic nitrogens is 2. The Morgan fingerprint density at radius 3 is 2.95 bits per heavy atom. The zero-order valence-electron chi connectivity index (χ0n) is 10.8. The summed E-state index contributed by atoms with van der Waals surface area (Å²) < 4.78 is 7.41. The molecular weight excluding hydrogens is 266 g/mol. The van der Waals surface area contributed by atoms with E-state index in [1.54, 1.807) is 0 Å². The van der Waals surface area contributed by atoms with E-state index in [1.165, 1.54) is 4.57 Å². The van der Waals surface area contributed by atoms with Crippen LogP contribution in [0, 0.1) is 0 Å². The predicted molar refractivity (Wildman–Crippen MR) is 66.3 cm³/mol. The molecule has 0 saturated carbocycles. The summed E-state index contributed by atoms with van der Waals surface area (Å²) in [4.78, 5) is 31.3. The van der Waals surface area contributed by atoms with E-state index in [0.29, 0.717) is 31.8 Å². The lowest BCUT2D eigenvalue weighted by molar-refractivity contribution is -0.183. The van der Waals surface area contributed by atoms with E-state index >= 15 is 0 Å². The number of ether oxygens (including phenoxy) is 1. The summed E-state index contributed by atoms with van der Waals surface area (Å²) in [5, 5.41) is 11.7. The van der Waals surface area contributed by atoms with Crippen LogP contribution in [0.15, 0.2) is 10.9 Å². The Bertz CT molecular complexity index is 591. The first-order valence-corrected chi connectivity index (χ1v) is 6.49. The van der Waals surface area contributed by atoms with Crippen LogP contribution in [-0.2, 0) is 21.8 Å². The number of rotatable bonds is 1. The van der Waals surface area contributed by atoms with Crippen LogP contribution in [0.25, 0.3) is 0 Å². The third kappa shape index (κ3) is 2.01. The lowest BCUT2D eigenvalue weighted by atomic mass is 9.90. The van der Waals surface area contributed by atoms with E-state index in [0.717, 1.165) is 19.2 Å². The summed E-state index contributed by atoms with van der Waals surface area (Å²) in [6.07, 6.45) is 1.36. The van der Waals surface area contributed by atoms with Crippen molar-refractivity contribution in [3.63, 3.8) is 0 Å². The zero-order chi connectivity index (χ0) is 14.2. The molecule has 20 heavy (non-hydrogen) atoms. The largest absolute Gasteiger partial charge is 0.391 e. The quantitative estimate of drug-likeness (QED) is 0.527. The van der Waals surface area contributed by atoms with Crippen LogP contribution in [0.1, 0.15) is 29.2 Å². The number of hydrogen-bond donors (Lipinski definition) is 2. The number of carbonyl (C=O) groups excluding carboxylic acids is 1. The van der Waals surface area contributed by atoms with Gasteiger partial charge in [0.25, 0.3) is 5.56 Å². The summed E-state index contributed by atoms with van der Waals surface area (Å²) in [5.41, 5.74) is -1.18. The molecule has 3 heterocycles. The van der Waals surface area contributed by atoms with Gasteiger partial charge in [-0.15, -0.1) is 0 Å². The van der Waals surface area contributed by atoms with Crippen LogP contribution in [0.3, 0.4) is 0 Å². The average molecular weight is 281 g/mol. The van der Waals surface area contributed by atoms with Crippen molar-refractivity contribution in [2.45, 2.75) is 25.0 Å². The highest BCUT2D eigenvalue weighted by Gasteiger charge is 2.42.